The first-order chi connectivity index (χ1) is 13.7. The molecule has 11 heteroatoms. The minimum atomic E-state index is -4.57. The fraction of sp³-hybridized carbons (Fsp3) is 0.889. The second kappa shape index (κ2) is 16.7. The number of carbonyl (C=O) groups is 2. The van der Waals surface area contributed by atoms with Gasteiger partial charge in [0.25, 0.3) is 0 Å². The van der Waals surface area contributed by atoms with Gasteiger partial charge in [-0.15, -0.1) is 0 Å². The maximum Gasteiger partial charge on any atom is 0.472 e. The number of nitrogens with two attached hydrogens (primary N) is 1. The smallest absolute Gasteiger partial charge is 0.472 e. The molecule has 2 unspecified atom stereocenters. The predicted molar refractivity (Wildman–Crippen MR) is 106 cm³/mol. The third-order valence-corrected chi connectivity index (χ3v) is 5.04. The van der Waals surface area contributed by atoms with Gasteiger partial charge in [0.15, 0.2) is 0 Å². The van der Waals surface area contributed by atoms with Gasteiger partial charge in [0.1, 0.15) is 18.8 Å². The van der Waals surface area contributed by atoms with Crippen LogP contribution in [-0.2, 0) is 27.9 Å². The molecule has 0 bridgehead atoms. The Morgan fingerprint density at radius 2 is 1.45 bits per heavy atom. The van der Waals surface area contributed by atoms with Crippen molar-refractivity contribution in [2.45, 2.75) is 83.3 Å². The molecule has 0 fully saturated rings. The lowest BCUT2D eigenvalue weighted by Crippen LogP contribution is -2.34. The molecule has 0 aliphatic carbocycles. The lowest BCUT2D eigenvalue weighted by atomic mass is 10.1. The Morgan fingerprint density at radius 1 is 0.931 bits per heavy atom. The molecule has 0 saturated heterocycles. The predicted octanol–water partition coefficient (Wildman–Crippen LogP) is 2.36. The van der Waals surface area contributed by atoms with Gasteiger partial charge < -0.3 is 25.6 Å². The molecule has 3 atom stereocenters. The van der Waals surface area contributed by atoms with E-state index in [-0.39, 0.29) is 13.0 Å². The molecule has 29 heavy (non-hydrogen) atoms. The number of ether oxygens (including phenoxy) is 1. The lowest BCUT2D eigenvalue weighted by molar-refractivity contribution is -0.147. The minimum absolute atomic E-state index is 0.248. The summed E-state index contributed by atoms with van der Waals surface area (Å²) in [6.07, 6.45) is 9.10. The molecule has 172 valence electrons. The molecule has 0 radical (unpaired) electrons. The monoisotopic (exact) mass is 441 g/mol. The highest BCUT2D eigenvalue weighted by Crippen LogP contribution is 2.43. The highest BCUT2D eigenvalue weighted by Gasteiger charge is 2.26. The zero-order valence-corrected chi connectivity index (χ0v) is 18.1. The number of aliphatic carboxylic acids is 1. The Labute approximate surface area is 172 Å². The number of carboxylic acids is 1. The molecule has 0 rings (SSSR count). The Hall–Kier alpha value is -1.03. The molecule has 0 aromatic heterocycles. The van der Waals surface area contributed by atoms with Crippen molar-refractivity contribution < 1.29 is 43.0 Å². The van der Waals surface area contributed by atoms with Gasteiger partial charge in [-0.2, -0.15) is 0 Å². The molecule has 0 aromatic rings. The molecular formula is C18H36NO9P. The molecule has 5 N–H and O–H groups in total. The van der Waals surface area contributed by atoms with Gasteiger partial charge >= 0.3 is 19.8 Å². The van der Waals surface area contributed by atoms with Crippen molar-refractivity contribution in [3.63, 3.8) is 0 Å². The number of aliphatic hydroxyl groups is 1. The first-order valence-electron chi connectivity index (χ1n) is 10.1. The van der Waals surface area contributed by atoms with Gasteiger partial charge in [0, 0.05) is 6.42 Å². The van der Waals surface area contributed by atoms with Crippen LogP contribution < -0.4 is 5.73 Å². The van der Waals surface area contributed by atoms with Crippen LogP contribution in [0.5, 0.6) is 0 Å². The van der Waals surface area contributed by atoms with Crippen LogP contribution in [0, 0.1) is 0 Å². The van der Waals surface area contributed by atoms with Crippen molar-refractivity contribution in [2.75, 3.05) is 19.8 Å². The van der Waals surface area contributed by atoms with Crippen LogP contribution in [0.1, 0.15) is 71.1 Å². The summed E-state index contributed by atoms with van der Waals surface area (Å²) >= 11 is 0. The third kappa shape index (κ3) is 17.5. The fourth-order valence-electron chi connectivity index (χ4n) is 2.35. The molecule has 0 aliphatic heterocycles. The summed E-state index contributed by atoms with van der Waals surface area (Å²) in [6.45, 7) is 0.450. The van der Waals surface area contributed by atoms with Gasteiger partial charge in [-0.3, -0.25) is 18.6 Å². The summed E-state index contributed by atoms with van der Waals surface area (Å²) < 4.78 is 25.3. The van der Waals surface area contributed by atoms with E-state index in [0.717, 1.165) is 19.3 Å². The number of hydrogen-bond acceptors (Lipinski definition) is 8. The summed E-state index contributed by atoms with van der Waals surface area (Å²) in [6, 6.07) is -1.48. The van der Waals surface area contributed by atoms with Crippen molar-refractivity contribution >= 4 is 19.8 Å². The first-order valence-corrected chi connectivity index (χ1v) is 11.6. The lowest BCUT2D eigenvalue weighted by Gasteiger charge is -2.16. The fourth-order valence-corrected chi connectivity index (χ4v) is 3.14. The van der Waals surface area contributed by atoms with E-state index < -0.39 is 45.1 Å². The van der Waals surface area contributed by atoms with E-state index >= 15 is 0 Å². The number of carboxylic acid groups (broad SMARTS) is 1. The zero-order valence-electron chi connectivity index (χ0n) is 17.2. The highest BCUT2D eigenvalue weighted by atomic mass is 31.2. The molecule has 0 spiro atoms. The van der Waals surface area contributed by atoms with Gasteiger partial charge in [0.2, 0.25) is 0 Å². The Balaban J connectivity index is 3.72. The number of unbranched alkanes of at least 4 members (excludes halogenated alkanes) is 8. The van der Waals surface area contributed by atoms with Gasteiger partial charge in [-0.05, 0) is 6.42 Å². The van der Waals surface area contributed by atoms with Crippen molar-refractivity contribution in [1.82, 2.24) is 0 Å². The first kappa shape index (κ1) is 28.0. The van der Waals surface area contributed by atoms with Crippen LogP contribution in [0.2, 0.25) is 0 Å². The third-order valence-electron chi connectivity index (χ3n) is 4.09. The second-order valence-corrected chi connectivity index (χ2v) is 8.37. The maximum atomic E-state index is 11.6. The summed E-state index contributed by atoms with van der Waals surface area (Å²) in [7, 11) is -4.57. The van der Waals surface area contributed by atoms with Gasteiger partial charge in [-0.1, -0.05) is 58.3 Å². The second-order valence-electron chi connectivity index (χ2n) is 6.92. The van der Waals surface area contributed by atoms with E-state index in [9.17, 15) is 24.2 Å². The normalized spacial score (nSPS) is 15.4. The molecule has 0 amide bonds. The Morgan fingerprint density at radius 3 is 2.00 bits per heavy atom. The van der Waals surface area contributed by atoms with Gasteiger partial charge in [0.05, 0.1) is 13.2 Å². The number of carbonyl (C=O) groups excluding carboxylic acids is 1. The van der Waals surface area contributed by atoms with Crippen LogP contribution in [0.3, 0.4) is 0 Å². The highest BCUT2D eigenvalue weighted by molar-refractivity contribution is 7.47. The Bertz CT molecular complexity index is 504. The minimum Gasteiger partial charge on any atom is -0.480 e. The number of phosphoric ester groups is 1. The Kier molecular flexibility index (Phi) is 16.1. The van der Waals surface area contributed by atoms with E-state index in [2.05, 4.69) is 16.0 Å². The van der Waals surface area contributed by atoms with Gasteiger partial charge in [-0.25, -0.2) is 4.57 Å². The van der Waals surface area contributed by atoms with Crippen LogP contribution >= 0.6 is 7.82 Å². The van der Waals surface area contributed by atoms with E-state index in [0.29, 0.717) is 6.42 Å². The number of rotatable bonds is 19. The number of esters is 1. The standard InChI is InChI=1S/C18H36NO9P/c1-2-3-4-5-6-7-8-9-10-11-17(21)26-12-15(20)13-27-29(24,25)28-14-16(19)18(22)23/h15-16,20H,2-14,19H2,1H3,(H,22,23)(H,24,25)/t15-,16?/m1/s1. The molecular weight excluding hydrogens is 405 g/mol. The number of hydrogen-bond donors (Lipinski definition) is 4. The van der Waals surface area contributed by atoms with E-state index in [1.54, 1.807) is 0 Å². The molecule has 0 aliphatic rings. The molecule has 0 saturated carbocycles. The quantitative estimate of drug-likeness (QED) is 0.133. The van der Waals surface area contributed by atoms with Crippen molar-refractivity contribution in [1.29, 1.82) is 0 Å². The number of aliphatic hydroxyl groups excluding tert-OH is 1. The van der Waals surface area contributed by atoms with E-state index in [1.165, 1.54) is 32.1 Å². The number of phosphoric acid groups is 1. The van der Waals surface area contributed by atoms with E-state index in [4.69, 9.17) is 15.6 Å². The molecule has 10 nitrogen and oxygen atoms in total. The average molecular weight is 441 g/mol. The van der Waals surface area contributed by atoms with Crippen molar-refractivity contribution in [3.8, 4) is 0 Å². The molecule has 0 heterocycles. The van der Waals surface area contributed by atoms with Crippen LogP contribution in [0.4, 0.5) is 0 Å². The summed E-state index contributed by atoms with van der Waals surface area (Å²) in [5.41, 5.74) is 5.13. The SMILES string of the molecule is CCCCCCCCCCCC(=O)OC[C@@H](O)COP(=O)(O)OCC(N)C(=O)O. The topological polar surface area (TPSA) is 166 Å². The summed E-state index contributed by atoms with van der Waals surface area (Å²) in [5, 5.41) is 18.2. The van der Waals surface area contributed by atoms with Crippen LogP contribution in [0.25, 0.3) is 0 Å². The zero-order chi connectivity index (χ0) is 22.1. The van der Waals surface area contributed by atoms with E-state index in [1.807, 2.05) is 0 Å². The molecule has 0 aromatic carbocycles. The van der Waals surface area contributed by atoms with Crippen LogP contribution in [0.15, 0.2) is 0 Å². The summed E-state index contributed by atoms with van der Waals surface area (Å²) in [4.78, 5) is 31.5. The van der Waals surface area contributed by atoms with Crippen molar-refractivity contribution in [2.24, 2.45) is 5.73 Å². The maximum absolute atomic E-state index is 11.6. The van der Waals surface area contributed by atoms with Crippen molar-refractivity contribution in [3.05, 3.63) is 0 Å². The average Bonchev–Trinajstić information content (AvgIpc) is 2.67. The largest absolute Gasteiger partial charge is 0.480 e. The summed E-state index contributed by atoms with van der Waals surface area (Å²) in [5.74, 6) is -1.85. The van der Waals surface area contributed by atoms with Crippen LogP contribution in [-0.4, -0.2) is 59.0 Å².